The molecule has 6 heteroatoms. The van der Waals surface area contributed by atoms with Crippen molar-refractivity contribution in [2.75, 3.05) is 32.8 Å². The number of halogens is 1. The molecule has 27 heavy (non-hydrogen) atoms. The molecule has 0 saturated heterocycles. The summed E-state index contributed by atoms with van der Waals surface area (Å²) in [6, 6.07) is 14.8. The van der Waals surface area contributed by atoms with Gasteiger partial charge in [0.1, 0.15) is 18.1 Å². The van der Waals surface area contributed by atoms with E-state index in [9.17, 15) is 4.79 Å². The summed E-state index contributed by atoms with van der Waals surface area (Å²) in [6.45, 7) is 8.28. The molecule has 0 aliphatic rings. The molecule has 0 unspecified atom stereocenters. The van der Waals surface area contributed by atoms with Gasteiger partial charge in [-0.2, -0.15) is 0 Å². The van der Waals surface area contributed by atoms with E-state index >= 15 is 0 Å². The van der Waals surface area contributed by atoms with Crippen molar-refractivity contribution in [2.45, 2.75) is 20.4 Å². The Kier molecular flexibility index (Phi) is 8.95. The van der Waals surface area contributed by atoms with Gasteiger partial charge in [-0.3, -0.25) is 4.79 Å². The summed E-state index contributed by atoms with van der Waals surface area (Å²) in [5.74, 6) is 1.13. The van der Waals surface area contributed by atoms with E-state index in [1.807, 2.05) is 36.4 Å². The van der Waals surface area contributed by atoms with Crippen molar-refractivity contribution in [3.8, 4) is 11.5 Å². The number of amides is 1. The highest BCUT2D eigenvalue weighted by Crippen LogP contribution is 2.22. The van der Waals surface area contributed by atoms with E-state index in [2.05, 4.69) is 24.1 Å². The fraction of sp³-hybridized carbons (Fsp3) is 0.381. The summed E-state index contributed by atoms with van der Waals surface area (Å²) in [5.41, 5.74) is 0.997. The fourth-order valence-electron chi connectivity index (χ4n) is 2.49. The molecule has 0 bridgehead atoms. The molecule has 0 atom stereocenters. The molecule has 2 aromatic carbocycles. The monoisotopic (exact) mass is 390 g/mol. The van der Waals surface area contributed by atoms with Crippen molar-refractivity contribution in [3.63, 3.8) is 0 Å². The van der Waals surface area contributed by atoms with E-state index in [1.165, 1.54) is 0 Å². The maximum absolute atomic E-state index is 11.9. The number of carbonyl (C=O) groups excluding carboxylic acids is 1. The molecule has 0 aromatic heterocycles. The van der Waals surface area contributed by atoms with Crippen LogP contribution in [0.25, 0.3) is 0 Å². The van der Waals surface area contributed by atoms with Crippen molar-refractivity contribution < 1.29 is 14.3 Å². The lowest BCUT2D eigenvalue weighted by molar-refractivity contribution is -0.123. The Hall–Kier alpha value is -2.24. The van der Waals surface area contributed by atoms with Crippen LogP contribution >= 0.6 is 11.6 Å². The summed E-state index contributed by atoms with van der Waals surface area (Å²) in [7, 11) is 0. The van der Waals surface area contributed by atoms with E-state index in [4.69, 9.17) is 21.1 Å². The van der Waals surface area contributed by atoms with Crippen LogP contribution in [0, 0.1) is 0 Å². The molecule has 0 aliphatic carbocycles. The third-order valence-corrected chi connectivity index (χ3v) is 4.49. The minimum absolute atomic E-state index is 0.0731. The molecule has 146 valence electrons. The molecule has 0 spiro atoms. The molecule has 1 N–H and O–H groups in total. The van der Waals surface area contributed by atoms with Gasteiger partial charge in [-0.15, -0.1) is 0 Å². The minimum atomic E-state index is -0.200. The van der Waals surface area contributed by atoms with Crippen LogP contribution in [0.3, 0.4) is 0 Å². The Morgan fingerprint density at radius 3 is 2.41 bits per heavy atom. The van der Waals surface area contributed by atoms with Crippen molar-refractivity contribution >= 4 is 17.5 Å². The molecule has 2 rings (SSSR count). The SMILES string of the molecule is CCN(CC)CCOc1ccc(CNC(=O)COc2ccccc2Cl)cc1. The zero-order valence-electron chi connectivity index (χ0n) is 15.9. The lowest BCUT2D eigenvalue weighted by atomic mass is 10.2. The number of nitrogens with one attached hydrogen (secondary N) is 1. The maximum Gasteiger partial charge on any atom is 0.258 e. The van der Waals surface area contributed by atoms with Crippen molar-refractivity contribution in [3.05, 3.63) is 59.1 Å². The molecule has 0 heterocycles. The largest absolute Gasteiger partial charge is 0.492 e. The number of likely N-dealkylation sites (N-methyl/N-ethyl adjacent to an activating group) is 1. The quantitative estimate of drug-likeness (QED) is 0.634. The second kappa shape index (κ2) is 11.5. The number of nitrogens with zero attached hydrogens (tertiary/aromatic N) is 1. The number of rotatable bonds is 11. The topological polar surface area (TPSA) is 50.8 Å². The Morgan fingerprint density at radius 1 is 1.04 bits per heavy atom. The average Bonchev–Trinajstić information content (AvgIpc) is 2.70. The Bertz CT molecular complexity index is 703. The van der Waals surface area contributed by atoms with E-state index in [0.29, 0.717) is 23.9 Å². The summed E-state index contributed by atoms with van der Waals surface area (Å²) in [6.07, 6.45) is 0. The van der Waals surface area contributed by atoms with Crippen LogP contribution in [0.2, 0.25) is 5.02 Å². The summed E-state index contributed by atoms with van der Waals surface area (Å²) < 4.78 is 11.2. The van der Waals surface area contributed by atoms with E-state index in [1.54, 1.807) is 12.1 Å². The van der Waals surface area contributed by atoms with Crippen LogP contribution in [0.4, 0.5) is 0 Å². The highest BCUT2D eigenvalue weighted by atomic mass is 35.5. The minimum Gasteiger partial charge on any atom is -0.492 e. The van der Waals surface area contributed by atoms with Crippen LogP contribution in [-0.2, 0) is 11.3 Å². The number of ether oxygens (including phenoxy) is 2. The standard InChI is InChI=1S/C21H27ClN2O3/c1-3-24(4-2)13-14-26-18-11-9-17(10-12-18)15-23-21(25)16-27-20-8-6-5-7-19(20)22/h5-12H,3-4,13-16H2,1-2H3,(H,23,25). The Balaban J connectivity index is 1.70. The molecule has 5 nitrogen and oxygen atoms in total. The molecular formula is C21H27ClN2O3. The average molecular weight is 391 g/mol. The van der Waals surface area contributed by atoms with Gasteiger partial charge in [0.25, 0.3) is 5.91 Å². The molecule has 0 saturated carbocycles. The molecule has 0 radical (unpaired) electrons. The third kappa shape index (κ3) is 7.49. The normalized spacial score (nSPS) is 10.7. The highest BCUT2D eigenvalue weighted by molar-refractivity contribution is 6.32. The smallest absolute Gasteiger partial charge is 0.258 e. The summed E-state index contributed by atoms with van der Waals surface area (Å²) in [4.78, 5) is 14.2. The second-order valence-corrected chi connectivity index (χ2v) is 6.42. The molecule has 2 aromatic rings. The summed E-state index contributed by atoms with van der Waals surface area (Å²) >= 11 is 5.99. The van der Waals surface area contributed by atoms with Gasteiger partial charge in [-0.25, -0.2) is 0 Å². The molecule has 1 amide bonds. The number of benzene rings is 2. The van der Waals surface area contributed by atoms with Gasteiger partial charge < -0.3 is 19.7 Å². The lowest BCUT2D eigenvalue weighted by Crippen LogP contribution is -2.28. The number of carbonyl (C=O) groups is 1. The fourth-order valence-corrected chi connectivity index (χ4v) is 2.68. The van der Waals surface area contributed by atoms with Crippen LogP contribution in [0.15, 0.2) is 48.5 Å². The number of hydrogen-bond acceptors (Lipinski definition) is 4. The van der Waals surface area contributed by atoms with Crippen LogP contribution in [0.1, 0.15) is 19.4 Å². The van der Waals surface area contributed by atoms with Gasteiger partial charge in [0, 0.05) is 13.1 Å². The maximum atomic E-state index is 11.9. The zero-order chi connectivity index (χ0) is 19.5. The Morgan fingerprint density at radius 2 is 1.74 bits per heavy atom. The van der Waals surface area contributed by atoms with Gasteiger partial charge in [-0.1, -0.05) is 49.7 Å². The van der Waals surface area contributed by atoms with Crippen LogP contribution in [-0.4, -0.2) is 43.7 Å². The molecular weight excluding hydrogens is 364 g/mol. The molecule has 0 aliphatic heterocycles. The first-order valence-corrected chi connectivity index (χ1v) is 9.58. The predicted molar refractivity (Wildman–Crippen MR) is 109 cm³/mol. The second-order valence-electron chi connectivity index (χ2n) is 6.02. The van der Waals surface area contributed by atoms with Gasteiger partial charge >= 0.3 is 0 Å². The molecule has 0 fully saturated rings. The van der Waals surface area contributed by atoms with Crippen molar-refractivity contribution in [1.29, 1.82) is 0 Å². The van der Waals surface area contributed by atoms with E-state index < -0.39 is 0 Å². The number of para-hydroxylation sites is 1. The van der Waals surface area contributed by atoms with E-state index in [0.717, 1.165) is 30.9 Å². The third-order valence-electron chi connectivity index (χ3n) is 4.18. The first-order valence-electron chi connectivity index (χ1n) is 9.20. The first kappa shape index (κ1) is 21.1. The van der Waals surface area contributed by atoms with Gasteiger partial charge in [0.05, 0.1) is 5.02 Å². The van der Waals surface area contributed by atoms with Crippen LogP contribution in [0.5, 0.6) is 11.5 Å². The zero-order valence-corrected chi connectivity index (χ0v) is 16.7. The van der Waals surface area contributed by atoms with Gasteiger partial charge in [-0.05, 0) is 42.9 Å². The van der Waals surface area contributed by atoms with Gasteiger partial charge in [0.15, 0.2) is 6.61 Å². The Labute approximate surface area is 166 Å². The van der Waals surface area contributed by atoms with Crippen LogP contribution < -0.4 is 14.8 Å². The van der Waals surface area contributed by atoms with Crippen molar-refractivity contribution in [1.82, 2.24) is 10.2 Å². The first-order chi connectivity index (χ1) is 13.1. The highest BCUT2D eigenvalue weighted by Gasteiger charge is 2.06. The summed E-state index contributed by atoms with van der Waals surface area (Å²) in [5, 5.41) is 3.31. The van der Waals surface area contributed by atoms with Gasteiger partial charge in [0.2, 0.25) is 0 Å². The lowest BCUT2D eigenvalue weighted by Gasteiger charge is -2.18. The number of hydrogen-bond donors (Lipinski definition) is 1. The van der Waals surface area contributed by atoms with Crippen molar-refractivity contribution in [2.24, 2.45) is 0 Å². The predicted octanol–water partition coefficient (Wildman–Crippen LogP) is 3.76. The van der Waals surface area contributed by atoms with E-state index in [-0.39, 0.29) is 12.5 Å².